The number of hydrogen-bond acceptors (Lipinski definition) is 5. The molecule has 0 saturated heterocycles. The highest BCUT2D eigenvalue weighted by Crippen LogP contribution is 2.29. The molecule has 0 radical (unpaired) electrons. The standard InChI is InChI=1S/C10H9ClFN3O2S2/c1-5-9(18-10(13)14-5)19(16,17)15-8-3-2-6(12)4-7(8)11/h2-4,15H,1H3,(H2,13,14). The van der Waals surface area contributed by atoms with Crippen LogP contribution < -0.4 is 10.5 Å². The number of rotatable bonds is 3. The van der Waals surface area contributed by atoms with Gasteiger partial charge < -0.3 is 5.73 Å². The second kappa shape index (κ2) is 4.95. The number of hydrogen-bond donors (Lipinski definition) is 2. The van der Waals surface area contributed by atoms with Crippen molar-refractivity contribution in [3.63, 3.8) is 0 Å². The Morgan fingerprint density at radius 2 is 2.16 bits per heavy atom. The van der Waals surface area contributed by atoms with Crippen LogP contribution in [0.2, 0.25) is 5.02 Å². The van der Waals surface area contributed by atoms with Gasteiger partial charge in [0.2, 0.25) is 0 Å². The molecule has 0 saturated carbocycles. The zero-order chi connectivity index (χ0) is 14.2. The maximum atomic E-state index is 12.9. The lowest BCUT2D eigenvalue weighted by atomic mass is 10.3. The van der Waals surface area contributed by atoms with E-state index in [-0.39, 0.29) is 20.1 Å². The molecule has 1 aromatic carbocycles. The molecule has 9 heteroatoms. The molecular weight excluding hydrogens is 313 g/mol. The van der Waals surface area contributed by atoms with Crippen LogP contribution in [-0.4, -0.2) is 13.4 Å². The lowest BCUT2D eigenvalue weighted by Gasteiger charge is -2.08. The van der Waals surface area contributed by atoms with Crippen LogP contribution in [0.5, 0.6) is 0 Å². The molecule has 0 unspecified atom stereocenters. The third-order valence-corrected chi connectivity index (χ3v) is 5.46. The molecular formula is C10H9ClFN3O2S2. The van der Waals surface area contributed by atoms with Crippen molar-refractivity contribution in [2.75, 3.05) is 10.5 Å². The van der Waals surface area contributed by atoms with Gasteiger partial charge in [-0.25, -0.2) is 17.8 Å². The van der Waals surface area contributed by atoms with Crippen molar-refractivity contribution >= 4 is 43.8 Å². The summed E-state index contributed by atoms with van der Waals surface area (Å²) in [6.45, 7) is 1.54. The van der Waals surface area contributed by atoms with Gasteiger partial charge in [-0.1, -0.05) is 22.9 Å². The molecule has 2 rings (SSSR count). The van der Waals surface area contributed by atoms with E-state index in [9.17, 15) is 12.8 Å². The first-order chi connectivity index (χ1) is 8.79. The van der Waals surface area contributed by atoms with Crippen LogP contribution in [0.3, 0.4) is 0 Å². The minimum absolute atomic E-state index is 0.00499. The van der Waals surface area contributed by atoms with Crippen molar-refractivity contribution in [1.29, 1.82) is 0 Å². The van der Waals surface area contributed by atoms with Crippen LogP contribution in [0, 0.1) is 12.7 Å². The molecule has 1 aromatic heterocycles. The summed E-state index contributed by atoms with van der Waals surface area (Å²) in [4.78, 5) is 3.84. The fraction of sp³-hybridized carbons (Fsp3) is 0.100. The Hall–Kier alpha value is -1.38. The summed E-state index contributed by atoms with van der Waals surface area (Å²) in [5.41, 5.74) is 5.85. The van der Waals surface area contributed by atoms with Gasteiger partial charge in [0, 0.05) is 0 Å². The number of nitrogen functional groups attached to an aromatic ring is 1. The van der Waals surface area contributed by atoms with Crippen LogP contribution in [0.25, 0.3) is 0 Å². The molecule has 19 heavy (non-hydrogen) atoms. The topological polar surface area (TPSA) is 85.1 Å². The number of anilines is 2. The first-order valence-corrected chi connectivity index (χ1v) is 7.68. The molecule has 3 N–H and O–H groups in total. The minimum Gasteiger partial charge on any atom is -0.375 e. The number of sulfonamides is 1. The largest absolute Gasteiger partial charge is 0.375 e. The van der Waals surface area contributed by atoms with Crippen LogP contribution in [-0.2, 0) is 10.0 Å². The number of thiazole rings is 1. The number of aromatic nitrogens is 1. The number of halogens is 2. The van der Waals surface area contributed by atoms with Crippen molar-refractivity contribution in [2.24, 2.45) is 0 Å². The molecule has 0 aliphatic carbocycles. The third-order valence-electron chi connectivity index (χ3n) is 2.19. The van der Waals surface area contributed by atoms with E-state index in [1.54, 1.807) is 0 Å². The summed E-state index contributed by atoms with van der Waals surface area (Å²) in [6.07, 6.45) is 0. The lowest BCUT2D eigenvalue weighted by molar-refractivity contribution is 0.602. The Balaban J connectivity index is 2.39. The molecule has 0 atom stereocenters. The number of aryl methyl sites for hydroxylation is 1. The summed E-state index contributed by atoms with van der Waals surface area (Å²) in [6, 6.07) is 3.37. The Morgan fingerprint density at radius 3 is 2.68 bits per heavy atom. The normalized spacial score (nSPS) is 11.5. The van der Waals surface area contributed by atoms with Crippen LogP contribution in [0.4, 0.5) is 15.2 Å². The molecule has 1 heterocycles. The summed E-state index contributed by atoms with van der Waals surface area (Å²) in [7, 11) is -3.84. The van der Waals surface area contributed by atoms with E-state index in [1.165, 1.54) is 13.0 Å². The van der Waals surface area contributed by atoms with Crippen molar-refractivity contribution in [3.05, 3.63) is 34.7 Å². The fourth-order valence-electron chi connectivity index (χ4n) is 1.42. The Labute approximate surface area is 118 Å². The first kappa shape index (κ1) is 14.0. The molecule has 0 amide bonds. The maximum absolute atomic E-state index is 12.9. The van der Waals surface area contributed by atoms with Crippen molar-refractivity contribution < 1.29 is 12.8 Å². The number of benzene rings is 1. The SMILES string of the molecule is Cc1nc(N)sc1S(=O)(=O)Nc1ccc(F)cc1Cl. The predicted molar refractivity (Wildman–Crippen MR) is 73.5 cm³/mol. The predicted octanol–water partition coefficient (Wildman–Crippen LogP) is 2.63. The van der Waals surface area contributed by atoms with E-state index in [2.05, 4.69) is 9.71 Å². The van der Waals surface area contributed by atoms with Crippen LogP contribution in [0.1, 0.15) is 5.69 Å². The second-order valence-electron chi connectivity index (χ2n) is 3.65. The lowest BCUT2D eigenvalue weighted by Crippen LogP contribution is -2.13. The molecule has 0 aliphatic heterocycles. The molecule has 2 aromatic rings. The number of nitrogens with two attached hydrogens (primary N) is 1. The van der Waals surface area contributed by atoms with Gasteiger partial charge in [-0.2, -0.15) is 0 Å². The minimum atomic E-state index is -3.84. The molecule has 0 spiro atoms. The molecule has 5 nitrogen and oxygen atoms in total. The van der Waals surface area contributed by atoms with E-state index in [4.69, 9.17) is 17.3 Å². The third kappa shape index (κ3) is 2.96. The summed E-state index contributed by atoms with van der Waals surface area (Å²) in [5, 5.41) is 0.127. The van der Waals surface area contributed by atoms with E-state index in [1.807, 2.05) is 0 Å². The van der Waals surface area contributed by atoms with Crippen LogP contribution >= 0.6 is 22.9 Å². The average Bonchev–Trinajstić information content (AvgIpc) is 2.63. The Morgan fingerprint density at radius 1 is 1.47 bits per heavy atom. The fourth-order valence-corrected chi connectivity index (χ4v) is 4.07. The van der Waals surface area contributed by atoms with Gasteiger partial charge in [-0.3, -0.25) is 4.72 Å². The summed E-state index contributed by atoms with van der Waals surface area (Å²) < 4.78 is 39.4. The van der Waals surface area contributed by atoms with E-state index in [0.717, 1.165) is 23.5 Å². The Kier molecular flexibility index (Phi) is 3.66. The van der Waals surface area contributed by atoms with Gasteiger partial charge >= 0.3 is 0 Å². The highest BCUT2D eigenvalue weighted by Gasteiger charge is 2.22. The quantitative estimate of drug-likeness (QED) is 0.910. The van der Waals surface area contributed by atoms with Gasteiger partial charge in [0.15, 0.2) is 9.34 Å². The zero-order valence-corrected chi connectivity index (χ0v) is 12.0. The number of nitrogens with zero attached hydrogens (tertiary/aromatic N) is 1. The van der Waals surface area contributed by atoms with Crippen LogP contribution in [0.15, 0.2) is 22.4 Å². The highest BCUT2D eigenvalue weighted by molar-refractivity contribution is 7.94. The molecule has 0 fully saturated rings. The second-order valence-corrected chi connectivity index (χ2v) is 6.97. The van der Waals surface area contributed by atoms with Gasteiger partial charge in [-0.05, 0) is 25.1 Å². The smallest absolute Gasteiger partial charge is 0.273 e. The monoisotopic (exact) mass is 321 g/mol. The molecule has 0 bridgehead atoms. The van der Waals surface area contributed by atoms with Gasteiger partial charge in [0.05, 0.1) is 16.4 Å². The van der Waals surface area contributed by atoms with Gasteiger partial charge in [-0.15, -0.1) is 0 Å². The summed E-state index contributed by atoms with van der Waals surface area (Å²) >= 11 is 6.61. The highest BCUT2D eigenvalue weighted by atomic mass is 35.5. The van der Waals surface area contributed by atoms with Crippen molar-refractivity contribution in [3.8, 4) is 0 Å². The van der Waals surface area contributed by atoms with Gasteiger partial charge in [0.25, 0.3) is 10.0 Å². The molecule has 0 aliphatic rings. The zero-order valence-electron chi connectivity index (χ0n) is 9.65. The number of nitrogens with one attached hydrogen (secondary N) is 1. The van der Waals surface area contributed by atoms with E-state index < -0.39 is 15.8 Å². The van der Waals surface area contributed by atoms with Crippen molar-refractivity contribution in [2.45, 2.75) is 11.1 Å². The summed E-state index contributed by atoms with van der Waals surface area (Å²) in [5.74, 6) is -0.550. The van der Waals surface area contributed by atoms with E-state index in [0.29, 0.717) is 5.69 Å². The first-order valence-electron chi connectivity index (χ1n) is 5.00. The Bertz CT molecular complexity index is 730. The average molecular weight is 322 g/mol. The molecule has 102 valence electrons. The van der Waals surface area contributed by atoms with Crippen molar-refractivity contribution in [1.82, 2.24) is 4.98 Å². The maximum Gasteiger partial charge on any atom is 0.273 e. The van der Waals surface area contributed by atoms with Gasteiger partial charge in [0.1, 0.15) is 5.82 Å². The van der Waals surface area contributed by atoms with E-state index >= 15 is 0 Å².